The first-order valence-electron chi connectivity index (χ1n) is 7.09. The third-order valence-corrected chi connectivity index (χ3v) is 3.83. The van der Waals surface area contributed by atoms with Gasteiger partial charge in [0.05, 0.1) is 6.54 Å². The van der Waals surface area contributed by atoms with Crippen LogP contribution < -0.4 is 11.1 Å². The number of carbonyl (C=O) groups excluding carboxylic acids is 2. The quantitative estimate of drug-likeness (QED) is 0.773. The van der Waals surface area contributed by atoms with Crippen molar-refractivity contribution in [3.05, 3.63) is 29.3 Å². The fourth-order valence-corrected chi connectivity index (χ4v) is 2.35. The SMILES string of the molecule is CNC(=O)CN1CCN(C(=O)c2ccc(C)c(N)c2)CC1. The zero-order valence-electron chi connectivity index (χ0n) is 12.6. The van der Waals surface area contributed by atoms with E-state index in [2.05, 4.69) is 5.32 Å². The van der Waals surface area contributed by atoms with Gasteiger partial charge in [0, 0.05) is 44.5 Å². The Morgan fingerprint density at radius 3 is 2.48 bits per heavy atom. The lowest BCUT2D eigenvalue weighted by atomic mass is 10.1. The molecule has 1 fully saturated rings. The monoisotopic (exact) mass is 290 g/mol. The van der Waals surface area contributed by atoms with E-state index in [9.17, 15) is 9.59 Å². The van der Waals surface area contributed by atoms with Crippen molar-refractivity contribution in [1.29, 1.82) is 0 Å². The number of nitrogens with one attached hydrogen (secondary N) is 1. The second-order valence-corrected chi connectivity index (χ2v) is 5.31. The summed E-state index contributed by atoms with van der Waals surface area (Å²) in [5.41, 5.74) is 8.09. The highest BCUT2D eigenvalue weighted by Gasteiger charge is 2.23. The normalized spacial score (nSPS) is 15.8. The largest absolute Gasteiger partial charge is 0.398 e. The van der Waals surface area contributed by atoms with E-state index in [0.717, 1.165) is 5.56 Å². The molecule has 0 spiro atoms. The van der Waals surface area contributed by atoms with Crippen LogP contribution in [0.3, 0.4) is 0 Å². The first-order valence-corrected chi connectivity index (χ1v) is 7.09. The Labute approximate surface area is 124 Å². The molecular weight excluding hydrogens is 268 g/mol. The zero-order valence-corrected chi connectivity index (χ0v) is 12.6. The van der Waals surface area contributed by atoms with E-state index in [4.69, 9.17) is 5.73 Å². The number of hydrogen-bond donors (Lipinski definition) is 2. The Kier molecular flexibility index (Phi) is 4.80. The van der Waals surface area contributed by atoms with E-state index in [-0.39, 0.29) is 11.8 Å². The fraction of sp³-hybridized carbons (Fsp3) is 0.467. The minimum absolute atomic E-state index is 0.00100. The molecule has 114 valence electrons. The predicted molar refractivity (Wildman–Crippen MR) is 82.0 cm³/mol. The van der Waals surface area contributed by atoms with Crippen molar-refractivity contribution < 1.29 is 9.59 Å². The summed E-state index contributed by atoms with van der Waals surface area (Å²) in [5.74, 6) is 0.00220. The van der Waals surface area contributed by atoms with Crippen LogP contribution in [0.25, 0.3) is 0 Å². The predicted octanol–water partition coefficient (Wildman–Crippen LogP) is 0.0810. The summed E-state index contributed by atoms with van der Waals surface area (Å²) in [6.45, 7) is 4.98. The van der Waals surface area contributed by atoms with Gasteiger partial charge >= 0.3 is 0 Å². The molecule has 2 amide bonds. The summed E-state index contributed by atoms with van der Waals surface area (Å²) >= 11 is 0. The van der Waals surface area contributed by atoms with Crippen LogP contribution in [0.4, 0.5) is 5.69 Å². The van der Waals surface area contributed by atoms with Gasteiger partial charge in [-0.05, 0) is 24.6 Å². The number of anilines is 1. The molecule has 0 radical (unpaired) electrons. The number of amides is 2. The van der Waals surface area contributed by atoms with Crippen LogP contribution in [0.1, 0.15) is 15.9 Å². The van der Waals surface area contributed by atoms with Gasteiger partial charge < -0.3 is 16.0 Å². The summed E-state index contributed by atoms with van der Waals surface area (Å²) in [7, 11) is 1.63. The maximum absolute atomic E-state index is 12.4. The molecule has 1 saturated heterocycles. The second-order valence-electron chi connectivity index (χ2n) is 5.31. The molecule has 3 N–H and O–H groups in total. The Morgan fingerprint density at radius 1 is 1.24 bits per heavy atom. The van der Waals surface area contributed by atoms with Crippen LogP contribution in [-0.2, 0) is 4.79 Å². The third-order valence-electron chi connectivity index (χ3n) is 3.83. The molecule has 0 unspecified atom stereocenters. The van der Waals surface area contributed by atoms with Gasteiger partial charge in [0.25, 0.3) is 5.91 Å². The maximum atomic E-state index is 12.4. The molecule has 0 bridgehead atoms. The van der Waals surface area contributed by atoms with Gasteiger partial charge in [-0.25, -0.2) is 0 Å². The lowest BCUT2D eigenvalue weighted by Gasteiger charge is -2.34. The minimum atomic E-state index is 0.00100. The van der Waals surface area contributed by atoms with Crippen molar-refractivity contribution in [3.63, 3.8) is 0 Å². The Bertz CT molecular complexity index is 536. The summed E-state index contributed by atoms with van der Waals surface area (Å²) in [6.07, 6.45) is 0. The van der Waals surface area contributed by atoms with Crippen molar-refractivity contribution in [2.75, 3.05) is 45.5 Å². The van der Waals surface area contributed by atoms with Gasteiger partial charge in [-0.3, -0.25) is 14.5 Å². The molecule has 1 aromatic rings. The molecule has 6 nitrogen and oxygen atoms in total. The topological polar surface area (TPSA) is 78.7 Å². The number of hydrogen-bond acceptors (Lipinski definition) is 4. The van der Waals surface area contributed by atoms with E-state index < -0.39 is 0 Å². The van der Waals surface area contributed by atoms with Crippen molar-refractivity contribution in [2.45, 2.75) is 6.92 Å². The Balaban J connectivity index is 1.93. The van der Waals surface area contributed by atoms with Gasteiger partial charge in [0.15, 0.2) is 0 Å². The number of nitrogens with two attached hydrogens (primary N) is 1. The molecule has 0 aliphatic carbocycles. The average molecular weight is 290 g/mol. The van der Waals surface area contributed by atoms with E-state index in [1.165, 1.54) is 0 Å². The third kappa shape index (κ3) is 3.72. The van der Waals surface area contributed by atoms with Gasteiger partial charge in [0.2, 0.25) is 5.91 Å². The molecule has 1 heterocycles. The number of likely N-dealkylation sites (N-methyl/N-ethyl adjacent to an activating group) is 1. The second kappa shape index (κ2) is 6.58. The van der Waals surface area contributed by atoms with Crippen LogP contribution in [0.15, 0.2) is 18.2 Å². The lowest BCUT2D eigenvalue weighted by Crippen LogP contribution is -2.50. The standard InChI is InChI=1S/C15H22N4O2/c1-11-3-4-12(9-13(11)16)15(21)19-7-5-18(6-8-19)10-14(20)17-2/h3-4,9H,5-8,10,16H2,1-2H3,(H,17,20). The Morgan fingerprint density at radius 2 is 1.90 bits per heavy atom. The molecule has 1 aliphatic rings. The van der Waals surface area contributed by atoms with Crippen molar-refractivity contribution >= 4 is 17.5 Å². The van der Waals surface area contributed by atoms with Crippen LogP contribution in [0, 0.1) is 6.92 Å². The summed E-state index contributed by atoms with van der Waals surface area (Å²) in [5, 5.41) is 2.61. The highest BCUT2D eigenvalue weighted by Crippen LogP contribution is 2.15. The van der Waals surface area contributed by atoms with Crippen LogP contribution in [-0.4, -0.2) is 61.4 Å². The average Bonchev–Trinajstić information content (AvgIpc) is 2.50. The lowest BCUT2D eigenvalue weighted by molar-refractivity contribution is -0.122. The number of benzene rings is 1. The van der Waals surface area contributed by atoms with Crippen LogP contribution in [0.5, 0.6) is 0 Å². The van der Waals surface area contributed by atoms with Gasteiger partial charge in [-0.15, -0.1) is 0 Å². The highest BCUT2D eigenvalue weighted by molar-refractivity contribution is 5.95. The van der Waals surface area contributed by atoms with Gasteiger partial charge in [0.1, 0.15) is 0 Å². The molecule has 0 aromatic heterocycles. The van der Waals surface area contributed by atoms with E-state index in [1.54, 1.807) is 13.1 Å². The van der Waals surface area contributed by atoms with Crippen molar-refractivity contribution in [3.8, 4) is 0 Å². The smallest absolute Gasteiger partial charge is 0.254 e. The molecule has 21 heavy (non-hydrogen) atoms. The number of piperazine rings is 1. The molecule has 1 aromatic carbocycles. The molecule has 2 rings (SSSR count). The highest BCUT2D eigenvalue weighted by atomic mass is 16.2. The van der Waals surface area contributed by atoms with Crippen LogP contribution in [0.2, 0.25) is 0 Å². The van der Waals surface area contributed by atoms with E-state index in [0.29, 0.717) is 44.0 Å². The fourth-order valence-electron chi connectivity index (χ4n) is 2.35. The summed E-state index contributed by atoms with van der Waals surface area (Å²) < 4.78 is 0. The number of aryl methyl sites for hydroxylation is 1. The maximum Gasteiger partial charge on any atom is 0.254 e. The molecule has 6 heteroatoms. The first kappa shape index (κ1) is 15.3. The molecule has 0 saturated carbocycles. The summed E-state index contributed by atoms with van der Waals surface area (Å²) in [4.78, 5) is 27.6. The number of rotatable bonds is 3. The van der Waals surface area contributed by atoms with Gasteiger partial charge in [-0.1, -0.05) is 6.07 Å². The van der Waals surface area contributed by atoms with Gasteiger partial charge in [-0.2, -0.15) is 0 Å². The van der Waals surface area contributed by atoms with Crippen molar-refractivity contribution in [2.24, 2.45) is 0 Å². The number of nitrogen functional groups attached to an aromatic ring is 1. The first-order chi connectivity index (χ1) is 10.0. The minimum Gasteiger partial charge on any atom is -0.398 e. The van der Waals surface area contributed by atoms with E-state index in [1.807, 2.05) is 28.9 Å². The zero-order chi connectivity index (χ0) is 15.4. The van der Waals surface area contributed by atoms with Crippen LogP contribution >= 0.6 is 0 Å². The summed E-state index contributed by atoms with van der Waals surface area (Å²) in [6, 6.07) is 5.41. The molecule has 0 atom stereocenters. The Hall–Kier alpha value is -2.08. The molecular formula is C15H22N4O2. The van der Waals surface area contributed by atoms with Crippen molar-refractivity contribution in [1.82, 2.24) is 15.1 Å². The molecule has 1 aliphatic heterocycles. The van der Waals surface area contributed by atoms with E-state index >= 15 is 0 Å². The number of nitrogens with zero attached hydrogens (tertiary/aromatic N) is 2. The number of carbonyl (C=O) groups is 2.